The van der Waals surface area contributed by atoms with Crippen molar-refractivity contribution in [2.45, 2.75) is 39.2 Å². The minimum Gasteiger partial charge on any atom is -0.462 e. The van der Waals surface area contributed by atoms with Crippen molar-refractivity contribution in [3.63, 3.8) is 0 Å². The van der Waals surface area contributed by atoms with Crippen molar-refractivity contribution in [3.8, 4) is 0 Å². The third-order valence-electron chi connectivity index (χ3n) is 3.81. The van der Waals surface area contributed by atoms with Crippen LogP contribution < -0.4 is 11.1 Å². The van der Waals surface area contributed by atoms with E-state index in [2.05, 4.69) is 36.5 Å². The highest BCUT2D eigenvalue weighted by Gasteiger charge is 2.15. The van der Waals surface area contributed by atoms with E-state index in [1.54, 1.807) is 12.1 Å². The van der Waals surface area contributed by atoms with Crippen LogP contribution in [0.15, 0.2) is 48.5 Å². The van der Waals surface area contributed by atoms with Crippen LogP contribution in [-0.4, -0.2) is 18.6 Å². The second-order valence-corrected chi connectivity index (χ2v) is 6.01. The van der Waals surface area contributed by atoms with Crippen LogP contribution in [0, 0.1) is 0 Å². The lowest BCUT2D eigenvalue weighted by molar-refractivity contribution is 0.0506. The summed E-state index contributed by atoms with van der Waals surface area (Å²) in [6.45, 7) is 4.49. The summed E-state index contributed by atoms with van der Waals surface area (Å²) in [4.78, 5) is 12.2. The molecule has 2 rings (SSSR count). The zero-order valence-corrected chi connectivity index (χ0v) is 14.4. The molecule has 128 valence electrons. The maximum Gasteiger partial charge on any atom is 0.340 e. The molecule has 1 atom stereocenters. The molecule has 0 saturated heterocycles. The van der Waals surface area contributed by atoms with Crippen LogP contribution in [0.1, 0.15) is 42.6 Å². The van der Waals surface area contributed by atoms with Crippen LogP contribution in [0.2, 0.25) is 0 Å². The number of carbonyl (C=O) groups is 1. The number of anilines is 2. The molecule has 4 heteroatoms. The summed E-state index contributed by atoms with van der Waals surface area (Å²) >= 11 is 0. The van der Waals surface area contributed by atoms with Crippen LogP contribution in [0.5, 0.6) is 0 Å². The predicted molar refractivity (Wildman–Crippen MR) is 99.3 cm³/mol. The van der Waals surface area contributed by atoms with E-state index in [1.165, 1.54) is 5.56 Å². The molecule has 0 amide bonds. The Morgan fingerprint density at radius 3 is 2.67 bits per heavy atom. The van der Waals surface area contributed by atoms with Gasteiger partial charge in [-0.25, -0.2) is 4.79 Å². The van der Waals surface area contributed by atoms with Crippen molar-refractivity contribution >= 4 is 17.3 Å². The lowest BCUT2D eigenvalue weighted by atomic mass is 10.1. The van der Waals surface area contributed by atoms with Crippen LogP contribution in [0.4, 0.5) is 11.4 Å². The number of aryl methyl sites for hydroxylation is 1. The fourth-order valence-corrected chi connectivity index (χ4v) is 2.49. The summed E-state index contributed by atoms with van der Waals surface area (Å²) in [6, 6.07) is 15.9. The summed E-state index contributed by atoms with van der Waals surface area (Å²) in [7, 11) is 0. The summed E-state index contributed by atoms with van der Waals surface area (Å²) in [5, 5.41) is 3.41. The maximum absolute atomic E-state index is 12.2. The zero-order chi connectivity index (χ0) is 17.4. The molecule has 0 bridgehead atoms. The molecule has 0 heterocycles. The van der Waals surface area contributed by atoms with Crippen LogP contribution in [0.25, 0.3) is 0 Å². The molecule has 0 saturated carbocycles. The first-order valence-electron chi connectivity index (χ1n) is 8.47. The molecule has 0 spiro atoms. The molecule has 0 aliphatic rings. The summed E-state index contributed by atoms with van der Waals surface area (Å²) in [5.74, 6) is -0.332. The van der Waals surface area contributed by atoms with Crippen LogP contribution in [-0.2, 0) is 11.2 Å². The Morgan fingerprint density at radius 2 is 1.96 bits per heavy atom. The number of hydrogen-bond acceptors (Lipinski definition) is 4. The van der Waals surface area contributed by atoms with Gasteiger partial charge in [-0.15, -0.1) is 0 Å². The van der Waals surface area contributed by atoms with Gasteiger partial charge in [0, 0.05) is 17.4 Å². The average molecular weight is 326 g/mol. The monoisotopic (exact) mass is 326 g/mol. The lowest BCUT2D eigenvalue weighted by Crippen LogP contribution is -2.19. The quantitative estimate of drug-likeness (QED) is 0.562. The van der Waals surface area contributed by atoms with E-state index in [9.17, 15) is 4.79 Å². The molecule has 2 aromatic carbocycles. The van der Waals surface area contributed by atoms with Crippen LogP contribution >= 0.6 is 0 Å². The highest BCUT2D eigenvalue weighted by atomic mass is 16.5. The van der Waals surface area contributed by atoms with Crippen LogP contribution in [0.3, 0.4) is 0 Å². The van der Waals surface area contributed by atoms with Gasteiger partial charge in [0.1, 0.15) is 0 Å². The lowest BCUT2D eigenvalue weighted by Gasteiger charge is -2.18. The molecule has 1 unspecified atom stereocenters. The second-order valence-electron chi connectivity index (χ2n) is 6.01. The molecule has 0 aliphatic heterocycles. The van der Waals surface area contributed by atoms with Gasteiger partial charge < -0.3 is 15.8 Å². The Kier molecular flexibility index (Phi) is 6.67. The predicted octanol–water partition coefficient (Wildman–Crippen LogP) is 4.27. The maximum atomic E-state index is 12.2. The fourth-order valence-electron chi connectivity index (χ4n) is 2.49. The number of carbonyl (C=O) groups excluding carboxylic acids is 1. The zero-order valence-electron chi connectivity index (χ0n) is 14.4. The molecule has 2 aromatic rings. The molecular formula is C20H26N2O2. The number of hydrogen-bond donors (Lipinski definition) is 2. The van der Waals surface area contributed by atoms with Crippen molar-refractivity contribution in [2.75, 3.05) is 17.7 Å². The molecular weight excluding hydrogens is 300 g/mol. The van der Waals surface area contributed by atoms with Gasteiger partial charge in [-0.05, 0) is 49.9 Å². The van der Waals surface area contributed by atoms with Gasteiger partial charge in [0.25, 0.3) is 0 Å². The first-order chi connectivity index (χ1) is 11.6. The van der Waals surface area contributed by atoms with Gasteiger partial charge in [0.2, 0.25) is 0 Å². The summed E-state index contributed by atoms with van der Waals surface area (Å²) in [6.07, 6.45) is 2.75. The molecule has 24 heavy (non-hydrogen) atoms. The SMILES string of the molecule is CCCOC(=O)c1cc(N)ccc1NC(C)CCc1ccccc1. The van der Waals surface area contributed by atoms with Gasteiger partial charge in [0.05, 0.1) is 12.2 Å². The first kappa shape index (κ1) is 17.9. The van der Waals surface area contributed by atoms with E-state index in [1.807, 2.05) is 19.1 Å². The standard InChI is InChI=1S/C20H26N2O2/c1-3-13-24-20(23)18-14-17(21)11-12-19(18)22-15(2)9-10-16-7-5-4-6-8-16/h4-8,11-12,14-15,22H,3,9-10,13,21H2,1-2H3. The number of nitrogen functional groups attached to an aromatic ring is 1. The number of ether oxygens (including phenoxy) is 1. The van der Waals surface area contributed by atoms with Crippen molar-refractivity contribution in [1.29, 1.82) is 0 Å². The Labute approximate surface area is 144 Å². The number of nitrogens with one attached hydrogen (secondary N) is 1. The topological polar surface area (TPSA) is 64.3 Å². The van der Waals surface area contributed by atoms with Gasteiger partial charge in [-0.2, -0.15) is 0 Å². The van der Waals surface area contributed by atoms with E-state index in [0.717, 1.165) is 24.9 Å². The third-order valence-corrected chi connectivity index (χ3v) is 3.81. The van der Waals surface area contributed by atoms with E-state index in [0.29, 0.717) is 17.9 Å². The Bertz CT molecular complexity index is 656. The Hall–Kier alpha value is -2.49. The van der Waals surface area contributed by atoms with Gasteiger partial charge in [-0.3, -0.25) is 0 Å². The Morgan fingerprint density at radius 1 is 1.21 bits per heavy atom. The highest BCUT2D eigenvalue weighted by Crippen LogP contribution is 2.22. The highest BCUT2D eigenvalue weighted by molar-refractivity contribution is 5.96. The molecule has 0 aliphatic carbocycles. The van der Waals surface area contributed by atoms with E-state index < -0.39 is 0 Å². The minimum atomic E-state index is -0.332. The van der Waals surface area contributed by atoms with Gasteiger partial charge >= 0.3 is 5.97 Å². The number of benzene rings is 2. The van der Waals surface area contributed by atoms with E-state index in [-0.39, 0.29) is 12.0 Å². The minimum absolute atomic E-state index is 0.228. The molecule has 0 fully saturated rings. The van der Waals surface area contributed by atoms with E-state index >= 15 is 0 Å². The molecule has 4 nitrogen and oxygen atoms in total. The molecule has 0 aromatic heterocycles. The first-order valence-corrected chi connectivity index (χ1v) is 8.47. The van der Waals surface area contributed by atoms with Crippen molar-refractivity contribution < 1.29 is 9.53 Å². The van der Waals surface area contributed by atoms with Crippen molar-refractivity contribution in [1.82, 2.24) is 0 Å². The molecule has 0 radical (unpaired) electrons. The summed E-state index contributed by atoms with van der Waals surface area (Å²) in [5.41, 5.74) is 8.96. The van der Waals surface area contributed by atoms with E-state index in [4.69, 9.17) is 10.5 Å². The number of rotatable bonds is 8. The largest absolute Gasteiger partial charge is 0.462 e. The smallest absolute Gasteiger partial charge is 0.340 e. The van der Waals surface area contributed by atoms with Gasteiger partial charge in [-0.1, -0.05) is 37.3 Å². The third kappa shape index (κ3) is 5.30. The van der Waals surface area contributed by atoms with Gasteiger partial charge in [0.15, 0.2) is 0 Å². The summed E-state index contributed by atoms with van der Waals surface area (Å²) < 4.78 is 5.25. The number of esters is 1. The fraction of sp³-hybridized carbons (Fsp3) is 0.350. The second kappa shape index (κ2) is 8.96. The average Bonchev–Trinajstić information content (AvgIpc) is 2.60. The van der Waals surface area contributed by atoms with Crippen molar-refractivity contribution in [2.24, 2.45) is 0 Å². The number of nitrogens with two attached hydrogens (primary N) is 1. The molecule has 3 N–H and O–H groups in total. The normalized spacial score (nSPS) is 11.8. The Balaban J connectivity index is 2.01. The van der Waals surface area contributed by atoms with Crippen molar-refractivity contribution in [3.05, 3.63) is 59.7 Å².